The standard InChI is InChI=1S/C13H14N2O2/c1-7-4-8(7)6-15-12(16)10-3-2-9(14)5-11(10)13(15)17/h2-3,5,7-8H,4,6,14H2,1H3. The van der Waals surface area contributed by atoms with Gasteiger partial charge >= 0.3 is 0 Å². The second-order valence-electron chi connectivity index (χ2n) is 5.00. The molecule has 2 amide bonds. The zero-order valence-corrected chi connectivity index (χ0v) is 9.64. The van der Waals surface area contributed by atoms with Crippen LogP contribution in [0.25, 0.3) is 0 Å². The van der Waals surface area contributed by atoms with Gasteiger partial charge in [-0.25, -0.2) is 0 Å². The molecule has 1 saturated carbocycles. The SMILES string of the molecule is CC1CC1CN1C(=O)c2ccc(N)cc2C1=O. The van der Waals surface area contributed by atoms with E-state index in [4.69, 9.17) is 5.73 Å². The van der Waals surface area contributed by atoms with E-state index in [1.165, 1.54) is 4.90 Å². The number of rotatable bonds is 2. The number of fused-ring (bicyclic) bond motifs is 1. The highest BCUT2D eigenvalue weighted by Crippen LogP contribution is 2.39. The number of imide groups is 1. The van der Waals surface area contributed by atoms with Crippen LogP contribution < -0.4 is 5.73 Å². The molecule has 2 atom stereocenters. The van der Waals surface area contributed by atoms with Crippen LogP contribution >= 0.6 is 0 Å². The summed E-state index contributed by atoms with van der Waals surface area (Å²) in [6, 6.07) is 4.89. The smallest absolute Gasteiger partial charge is 0.261 e. The zero-order valence-electron chi connectivity index (χ0n) is 9.64. The van der Waals surface area contributed by atoms with Crippen molar-refractivity contribution in [3.8, 4) is 0 Å². The van der Waals surface area contributed by atoms with Crippen molar-refractivity contribution in [1.29, 1.82) is 0 Å². The van der Waals surface area contributed by atoms with Gasteiger partial charge in [-0.05, 0) is 36.5 Å². The van der Waals surface area contributed by atoms with E-state index in [0.29, 0.717) is 35.2 Å². The third-order valence-corrected chi connectivity index (χ3v) is 3.69. The fraction of sp³-hybridized carbons (Fsp3) is 0.385. The van der Waals surface area contributed by atoms with Gasteiger partial charge in [0.25, 0.3) is 11.8 Å². The molecule has 1 aromatic rings. The average Bonchev–Trinajstić information content (AvgIpc) is 2.94. The Morgan fingerprint density at radius 2 is 1.94 bits per heavy atom. The maximum atomic E-state index is 12.1. The van der Waals surface area contributed by atoms with Gasteiger partial charge in [0.15, 0.2) is 0 Å². The Balaban J connectivity index is 1.91. The molecule has 4 heteroatoms. The van der Waals surface area contributed by atoms with Gasteiger partial charge in [-0.15, -0.1) is 0 Å². The first-order chi connectivity index (χ1) is 8.08. The Hall–Kier alpha value is -1.84. The second kappa shape index (κ2) is 3.32. The van der Waals surface area contributed by atoms with E-state index < -0.39 is 0 Å². The van der Waals surface area contributed by atoms with Gasteiger partial charge < -0.3 is 5.73 Å². The summed E-state index contributed by atoms with van der Waals surface area (Å²) >= 11 is 0. The summed E-state index contributed by atoms with van der Waals surface area (Å²) in [5.41, 5.74) is 7.09. The first-order valence-corrected chi connectivity index (χ1v) is 5.83. The molecule has 1 fully saturated rings. The molecular formula is C13H14N2O2. The topological polar surface area (TPSA) is 63.4 Å². The summed E-state index contributed by atoms with van der Waals surface area (Å²) in [4.78, 5) is 25.5. The number of hydrogen-bond acceptors (Lipinski definition) is 3. The maximum Gasteiger partial charge on any atom is 0.261 e. The summed E-state index contributed by atoms with van der Waals surface area (Å²) in [6.45, 7) is 2.69. The average molecular weight is 230 g/mol. The molecule has 0 spiro atoms. The van der Waals surface area contributed by atoms with E-state index in [2.05, 4.69) is 6.92 Å². The Morgan fingerprint density at radius 3 is 2.59 bits per heavy atom. The zero-order chi connectivity index (χ0) is 12.2. The van der Waals surface area contributed by atoms with E-state index in [9.17, 15) is 9.59 Å². The molecule has 1 aromatic carbocycles. The van der Waals surface area contributed by atoms with E-state index >= 15 is 0 Å². The molecule has 4 nitrogen and oxygen atoms in total. The highest BCUT2D eigenvalue weighted by Gasteiger charge is 2.41. The monoisotopic (exact) mass is 230 g/mol. The Morgan fingerprint density at radius 1 is 1.29 bits per heavy atom. The first-order valence-electron chi connectivity index (χ1n) is 5.83. The van der Waals surface area contributed by atoms with Crippen molar-refractivity contribution in [1.82, 2.24) is 4.90 Å². The lowest BCUT2D eigenvalue weighted by Crippen LogP contribution is -2.31. The van der Waals surface area contributed by atoms with Gasteiger partial charge in [-0.2, -0.15) is 0 Å². The number of nitrogens with two attached hydrogens (primary N) is 1. The molecule has 0 radical (unpaired) electrons. The van der Waals surface area contributed by atoms with Crippen molar-refractivity contribution >= 4 is 17.5 Å². The largest absolute Gasteiger partial charge is 0.399 e. The molecule has 0 saturated heterocycles. The van der Waals surface area contributed by atoms with Crippen LogP contribution in [0.2, 0.25) is 0 Å². The number of anilines is 1. The summed E-state index contributed by atoms with van der Waals surface area (Å²) in [6.07, 6.45) is 1.11. The maximum absolute atomic E-state index is 12.1. The second-order valence-corrected chi connectivity index (χ2v) is 5.00. The van der Waals surface area contributed by atoms with Crippen LogP contribution in [0.1, 0.15) is 34.1 Å². The summed E-state index contributed by atoms with van der Waals surface area (Å²) in [5, 5.41) is 0. The highest BCUT2D eigenvalue weighted by molar-refractivity contribution is 6.21. The van der Waals surface area contributed by atoms with Crippen LogP contribution in [-0.4, -0.2) is 23.3 Å². The van der Waals surface area contributed by atoms with Gasteiger partial charge in [-0.3, -0.25) is 14.5 Å². The van der Waals surface area contributed by atoms with Crippen LogP contribution in [0.5, 0.6) is 0 Å². The van der Waals surface area contributed by atoms with Crippen molar-refractivity contribution in [2.45, 2.75) is 13.3 Å². The summed E-state index contributed by atoms with van der Waals surface area (Å²) in [5.74, 6) is 0.736. The fourth-order valence-corrected chi connectivity index (χ4v) is 2.36. The van der Waals surface area contributed by atoms with Crippen LogP contribution in [-0.2, 0) is 0 Å². The van der Waals surface area contributed by atoms with Gasteiger partial charge in [0.05, 0.1) is 11.1 Å². The van der Waals surface area contributed by atoms with Gasteiger partial charge in [0.2, 0.25) is 0 Å². The lowest BCUT2D eigenvalue weighted by atomic mass is 10.1. The Kier molecular flexibility index (Phi) is 2.02. The molecule has 2 unspecified atom stereocenters. The molecule has 1 aliphatic carbocycles. The predicted octanol–water partition coefficient (Wildman–Crippen LogP) is 1.52. The molecule has 3 rings (SSSR count). The van der Waals surface area contributed by atoms with E-state index in [0.717, 1.165) is 6.42 Å². The third-order valence-electron chi connectivity index (χ3n) is 3.69. The Bertz CT molecular complexity index is 524. The molecule has 1 heterocycles. The number of amides is 2. The minimum atomic E-state index is -0.198. The quantitative estimate of drug-likeness (QED) is 0.619. The number of carbonyl (C=O) groups is 2. The number of nitrogens with zero attached hydrogens (tertiary/aromatic N) is 1. The summed E-state index contributed by atoms with van der Waals surface area (Å²) in [7, 11) is 0. The number of carbonyl (C=O) groups excluding carboxylic acids is 2. The number of benzene rings is 1. The Labute approximate surface area is 99.4 Å². The molecule has 88 valence electrons. The third kappa shape index (κ3) is 1.52. The predicted molar refractivity (Wildman–Crippen MR) is 63.5 cm³/mol. The van der Waals surface area contributed by atoms with Crippen LogP contribution in [0.15, 0.2) is 18.2 Å². The van der Waals surface area contributed by atoms with Crippen molar-refractivity contribution in [3.63, 3.8) is 0 Å². The van der Waals surface area contributed by atoms with Crippen LogP contribution in [0.4, 0.5) is 5.69 Å². The number of nitrogen functional groups attached to an aromatic ring is 1. The minimum absolute atomic E-state index is 0.177. The molecule has 0 aromatic heterocycles. The minimum Gasteiger partial charge on any atom is -0.399 e. The molecule has 2 N–H and O–H groups in total. The molecular weight excluding hydrogens is 216 g/mol. The van der Waals surface area contributed by atoms with Crippen molar-refractivity contribution in [2.24, 2.45) is 11.8 Å². The molecule has 2 aliphatic rings. The van der Waals surface area contributed by atoms with E-state index in [1.807, 2.05) is 0 Å². The van der Waals surface area contributed by atoms with E-state index in [-0.39, 0.29) is 11.8 Å². The van der Waals surface area contributed by atoms with Gasteiger partial charge in [0, 0.05) is 12.2 Å². The molecule has 17 heavy (non-hydrogen) atoms. The summed E-state index contributed by atoms with van der Waals surface area (Å²) < 4.78 is 0. The normalized spacial score (nSPS) is 26.3. The van der Waals surface area contributed by atoms with Crippen molar-refractivity contribution < 1.29 is 9.59 Å². The number of hydrogen-bond donors (Lipinski definition) is 1. The van der Waals surface area contributed by atoms with Crippen molar-refractivity contribution in [3.05, 3.63) is 29.3 Å². The van der Waals surface area contributed by atoms with Gasteiger partial charge in [-0.1, -0.05) is 6.92 Å². The molecule has 0 bridgehead atoms. The van der Waals surface area contributed by atoms with Crippen LogP contribution in [0, 0.1) is 11.8 Å². The lowest BCUT2D eigenvalue weighted by molar-refractivity contribution is 0.0645. The van der Waals surface area contributed by atoms with E-state index in [1.54, 1.807) is 18.2 Å². The van der Waals surface area contributed by atoms with Gasteiger partial charge in [0.1, 0.15) is 0 Å². The first kappa shape index (κ1) is 10.3. The fourth-order valence-electron chi connectivity index (χ4n) is 2.36. The lowest BCUT2D eigenvalue weighted by Gasteiger charge is -2.12. The molecule has 1 aliphatic heterocycles. The highest BCUT2D eigenvalue weighted by atomic mass is 16.2. The van der Waals surface area contributed by atoms with Crippen LogP contribution in [0.3, 0.4) is 0 Å². The van der Waals surface area contributed by atoms with Crippen molar-refractivity contribution in [2.75, 3.05) is 12.3 Å².